The van der Waals surface area contributed by atoms with E-state index < -0.39 is 30.5 Å². The Labute approximate surface area is 121 Å². The van der Waals surface area contributed by atoms with Crippen molar-refractivity contribution in [3.05, 3.63) is 35.9 Å². The Balaban J connectivity index is 2.45. The SMILES string of the molecule is O=C(CF)NCCCC(NC(=O)c1ccccc1)C(=O)O. The second kappa shape index (κ2) is 8.68. The van der Waals surface area contributed by atoms with Crippen molar-refractivity contribution < 1.29 is 23.9 Å². The van der Waals surface area contributed by atoms with E-state index in [-0.39, 0.29) is 13.0 Å². The van der Waals surface area contributed by atoms with Crippen LogP contribution in [0, 0.1) is 0 Å². The highest BCUT2D eigenvalue weighted by Gasteiger charge is 2.20. The Hall–Kier alpha value is -2.44. The standard InChI is InChI=1S/C14H17FN2O4/c15-9-12(18)16-8-4-7-11(14(20)21)17-13(19)10-5-2-1-3-6-10/h1-3,5-6,11H,4,7-9H2,(H,16,18)(H,17,19)(H,20,21). The Kier molecular flexibility index (Phi) is 6.86. The van der Waals surface area contributed by atoms with Crippen LogP contribution in [0.3, 0.4) is 0 Å². The second-order valence-electron chi connectivity index (χ2n) is 4.36. The predicted octanol–water partition coefficient (Wildman–Crippen LogP) is 0.735. The lowest BCUT2D eigenvalue weighted by Crippen LogP contribution is -2.41. The van der Waals surface area contributed by atoms with Crippen LogP contribution in [0.25, 0.3) is 0 Å². The number of hydrogen-bond donors (Lipinski definition) is 3. The molecule has 114 valence electrons. The third-order valence-electron chi connectivity index (χ3n) is 2.75. The van der Waals surface area contributed by atoms with Crippen LogP contribution in [0.2, 0.25) is 0 Å². The maximum absolute atomic E-state index is 11.9. The second-order valence-corrected chi connectivity index (χ2v) is 4.36. The zero-order valence-corrected chi connectivity index (χ0v) is 11.3. The first-order valence-corrected chi connectivity index (χ1v) is 6.46. The van der Waals surface area contributed by atoms with Crippen molar-refractivity contribution in [3.8, 4) is 0 Å². The number of alkyl halides is 1. The average Bonchev–Trinajstić information content (AvgIpc) is 2.50. The number of carboxylic acid groups (broad SMARTS) is 1. The first kappa shape index (κ1) is 16.6. The first-order valence-electron chi connectivity index (χ1n) is 6.46. The quantitative estimate of drug-likeness (QED) is 0.616. The summed E-state index contributed by atoms with van der Waals surface area (Å²) in [6.45, 7) is -0.944. The molecule has 0 heterocycles. The number of nitrogens with one attached hydrogen (secondary N) is 2. The molecular formula is C14H17FN2O4. The molecule has 1 aromatic carbocycles. The molecule has 1 atom stereocenters. The molecule has 0 aliphatic carbocycles. The Morgan fingerprint density at radius 2 is 1.86 bits per heavy atom. The molecule has 1 rings (SSSR count). The molecule has 2 amide bonds. The molecule has 0 aromatic heterocycles. The van der Waals surface area contributed by atoms with Crippen LogP contribution in [0.4, 0.5) is 4.39 Å². The fourth-order valence-corrected chi connectivity index (χ4v) is 1.67. The highest BCUT2D eigenvalue weighted by atomic mass is 19.1. The lowest BCUT2D eigenvalue weighted by atomic mass is 10.1. The maximum atomic E-state index is 11.9. The van der Waals surface area contributed by atoms with Gasteiger partial charge in [-0.2, -0.15) is 0 Å². The lowest BCUT2D eigenvalue weighted by molar-refractivity contribution is -0.139. The molecule has 0 saturated carbocycles. The molecule has 1 unspecified atom stereocenters. The van der Waals surface area contributed by atoms with Crippen molar-refractivity contribution in [1.82, 2.24) is 10.6 Å². The molecule has 3 N–H and O–H groups in total. The van der Waals surface area contributed by atoms with Gasteiger partial charge in [0.15, 0.2) is 6.67 Å². The van der Waals surface area contributed by atoms with Gasteiger partial charge in [-0.3, -0.25) is 9.59 Å². The molecule has 1 aromatic rings. The minimum Gasteiger partial charge on any atom is -0.480 e. The summed E-state index contributed by atoms with van der Waals surface area (Å²) in [5.41, 5.74) is 0.370. The number of carboxylic acids is 1. The third kappa shape index (κ3) is 6.03. The van der Waals surface area contributed by atoms with E-state index in [1.807, 2.05) is 0 Å². The molecule has 21 heavy (non-hydrogen) atoms. The van der Waals surface area contributed by atoms with Gasteiger partial charge in [0.1, 0.15) is 6.04 Å². The molecule has 0 radical (unpaired) electrons. The monoisotopic (exact) mass is 296 g/mol. The van der Waals surface area contributed by atoms with Gasteiger partial charge in [-0.15, -0.1) is 0 Å². The number of amides is 2. The van der Waals surface area contributed by atoms with E-state index in [4.69, 9.17) is 5.11 Å². The van der Waals surface area contributed by atoms with Gasteiger partial charge in [0.2, 0.25) is 0 Å². The van der Waals surface area contributed by atoms with Crippen LogP contribution in [0.5, 0.6) is 0 Å². The fraction of sp³-hybridized carbons (Fsp3) is 0.357. The van der Waals surface area contributed by atoms with E-state index in [0.29, 0.717) is 12.0 Å². The molecule has 7 heteroatoms. The summed E-state index contributed by atoms with van der Waals surface area (Å²) in [5.74, 6) is -2.37. The van der Waals surface area contributed by atoms with Crippen molar-refractivity contribution in [2.75, 3.05) is 13.2 Å². The Morgan fingerprint density at radius 1 is 1.19 bits per heavy atom. The number of benzene rings is 1. The van der Waals surface area contributed by atoms with Crippen LogP contribution < -0.4 is 10.6 Å². The van der Waals surface area contributed by atoms with Gasteiger partial charge in [0.25, 0.3) is 11.8 Å². The minimum atomic E-state index is -1.16. The molecule has 6 nitrogen and oxygen atoms in total. The topological polar surface area (TPSA) is 95.5 Å². The van der Waals surface area contributed by atoms with E-state index in [1.165, 1.54) is 0 Å². The van der Waals surface area contributed by atoms with Gasteiger partial charge in [0.05, 0.1) is 0 Å². The van der Waals surface area contributed by atoms with E-state index >= 15 is 0 Å². The molecule has 0 aliphatic rings. The highest BCUT2D eigenvalue weighted by molar-refractivity contribution is 5.96. The number of halogens is 1. The average molecular weight is 296 g/mol. The van der Waals surface area contributed by atoms with Gasteiger partial charge >= 0.3 is 5.97 Å². The summed E-state index contributed by atoms with van der Waals surface area (Å²) in [7, 11) is 0. The largest absolute Gasteiger partial charge is 0.480 e. The smallest absolute Gasteiger partial charge is 0.326 e. The molecular weight excluding hydrogens is 279 g/mol. The van der Waals surface area contributed by atoms with Crippen molar-refractivity contribution in [2.24, 2.45) is 0 Å². The lowest BCUT2D eigenvalue weighted by Gasteiger charge is -2.14. The van der Waals surface area contributed by atoms with Crippen LogP contribution in [0.15, 0.2) is 30.3 Å². The third-order valence-corrected chi connectivity index (χ3v) is 2.75. The van der Waals surface area contributed by atoms with E-state index in [1.54, 1.807) is 30.3 Å². The van der Waals surface area contributed by atoms with Gasteiger partial charge in [-0.1, -0.05) is 18.2 Å². The van der Waals surface area contributed by atoms with Gasteiger partial charge in [-0.05, 0) is 25.0 Å². The first-order chi connectivity index (χ1) is 10.0. The highest BCUT2D eigenvalue weighted by Crippen LogP contribution is 2.02. The fourth-order valence-electron chi connectivity index (χ4n) is 1.67. The van der Waals surface area contributed by atoms with E-state index in [9.17, 15) is 18.8 Å². The van der Waals surface area contributed by atoms with Crippen molar-refractivity contribution in [1.29, 1.82) is 0 Å². The van der Waals surface area contributed by atoms with Crippen LogP contribution >= 0.6 is 0 Å². The van der Waals surface area contributed by atoms with E-state index in [0.717, 1.165) is 0 Å². The maximum Gasteiger partial charge on any atom is 0.326 e. The number of aliphatic carboxylic acids is 1. The van der Waals surface area contributed by atoms with Crippen molar-refractivity contribution in [2.45, 2.75) is 18.9 Å². The van der Waals surface area contributed by atoms with E-state index in [2.05, 4.69) is 10.6 Å². The van der Waals surface area contributed by atoms with Gasteiger partial charge < -0.3 is 15.7 Å². The van der Waals surface area contributed by atoms with Crippen molar-refractivity contribution >= 4 is 17.8 Å². The normalized spacial score (nSPS) is 11.5. The summed E-state index contributed by atoms with van der Waals surface area (Å²) >= 11 is 0. The molecule has 0 fully saturated rings. The van der Waals surface area contributed by atoms with Crippen LogP contribution in [-0.2, 0) is 9.59 Å². The summed E-state index contributed by atoms with van der Waals surface area (Å²) < 4.78 is 11.9. The van der Waals surface area contributed by atoms with Gasteiger partial charge in [-0.25, -0.2) is 9.18 Å². The van der Waals surface area contributed by atoms with Crippen LogP contribution in [-0.4, -0.2) is 42.2 Å². The zero-order valence-electron chi connectivity index (χ0n) is 11.3. The molecule has 0 saturated heterocycles. The summed E-state index contributed by atoms with van der Waals surface area (Å²) in [6, 6.07) is 7.21. The van der Waals surface area contributed by atoms with Crippen molar-refractivity contribution in [3.63, 3.8) is 0 Å². The molecule has 0 bridgehead atoms. The summed E-state index contributed by atoms with van der Waals surface area (Å²) in [5, 5.41) is 13.8. The molecule has 0 aliphatic heterocycles. The number of rotatable bonds is 8. The minimum absolute atomic E-state index is 0.139. The predicted molar refractivity (Wildman–Crippen MR) is 73.6 cm³/mol. The van der Waals surface area contributed by atoms with Crippen LogP contribution in [0.1, 0.15) is 23.2 Å². The molecule has 0 spiro atoms. The number of carbonyl (C=O) groups excluding carboxylic acids is 2. The van der Waals surface area contributed by atoms with Gasteiger partial charge in [0, 0.05) is 12.1 Å². The summed E-state index contributed by atoms with van der Waals surface area (Å²) in [4.78, 5) is 33.6. The number of carbonyl (C=O) groups is 3. The zero-order chi connectivity index (χ0) is 15.7. The Morgan fingerprint density at radius 3 is 2.43 bits per heavy atom. The Bertz CT molecular complexity index is 493. The number of hydrogen-bond acceptors (Lipinski definition) is 3. The summed E-state index contributed by atoms with van der Waals surface area (Å²) in [6.07, 6.45) is 0.457.